The van der Waals surface area contributed by atoms with Gasteiger partial charge in [-0.05, 0) is 24.6 Å². The fourth-order valence-electron chi connectivity index (χ4n) is 1.43. The highest BCUT2D eigenvalue weighted by Crippen LogP contribution is 2.21. The molecule has 0 amide bonds. The summed E-state index contributed by atoms with van der Waals surface area (Å²) < 4.78 is 0. The molecule has 2 aromatic heterocycles. The van der Waals surface area contributed by atoms with E-state index in [4.69, 9.17) is 0 Å². The summed E-state index contributed by atoms with van der Waals surface area (Å²) >= 11 is 0. The quantitative estimate of drug-likeness (QED) is 0.695. The highest BCUT2D eigenvalue weighted by atomic mass is 16.1. The number of pyridine rings is 2. The summed E-state index contributed by atoms with van der Waals surface area (Å²) in [5, 5.41) is 0. The summed E-state index contributed by atoms with van der Waals surface area (Å²) in [5.74, 6) is 0. The van der Waals surface area contributed by atoms with Crippen LogP contribution in [-0.2, 0) is 0 Å². The smallest absolute Gasteiger partial charge is 0.169 e. The Labute approximate surface area is 87.8 Å². The predicted molar refractivity (Wildman–Crippen MR) is 57.6 cm³/mol. The summed E-state index contributed by atoms with van der Waals surface area (Å²) in [6, 6.07) is 5.69. The van der Waals surface area contributed by atoms with Crippen molar-refractivity contribution >= 4 is 6.29 Å². The van der Waals surface area contributed by atoms with Gasteiger partial charge in [0.15, 0.2) is 6.29 Å². The van der Waals surface area contributed by atoms with Crippen LogP contribution in [0.15, 0.2) is 36.8 Å². The molecule has 0 bridgehead atoms. The molecule has 0 aliphatic heterocycles. The molecule has 0 saturated carbocycles. The van der Waals surface area contributed by atoms with Gasteiger partial charge in [0.1, 0.15) is 5.69 Å². The van der Waals surface area contributed by atoms with Crippen molar-refractivity contribution in [2.75, 3.05) is 0 Å². The molecule has 0 atom stereocenters. The molecule has 0 aromatic carbocycles. The molecule has 0 N–H and O–H groups in total. The van der Waals surface area contributed by atoms with Crippen molar-refractivity contribution < 1.29 is 4.79 Å². The second kappa shape index (κ2) is 4.00. The Hall–Kier alpha value is -2.03. The Morgan fingerprint density at radius 2 is 2.20 bits per heavy atom. The van der Waals surface area contributed by atoms with Crippen molar-refractivity contribution in [3.8, 4) is 11.1 Å². The number of carbonyl (C=O) groups is 1. The minimum atomic E-state index is 0.452. The molecule has 2 aromatic rings. The van der Waals surface area contributed by atoms with Gasteiger partial charge in [0.25, 0.3) is 0 Å². The molecule has 0 aliphatic carbocycles. The number of carbonyl (C=O) groups excluding carboxylic acids is 1. The molecule has 3 nitrogen and oxygen atoms in total. The van der Waals surface area contributed by atoms with Crippen LogP contribution in [0.25, 0.3) is 11.1 Å². The average Bonchev–Trinajstić information content (AvgIpc) is 2.30. The minimum absolute atomic E-state index is 0.452. The van der Waals surface area contributed by atoms with E-state index in [1.807, 2.05) is 25.1 Å². The van der Waals surface area contributed by atoms with E-state index in [1.54, 1.807) is 18.6 Å². The number of rotatable bonds is 2. The largest absolute Gasteiger partial charge is 0.296 e. The molecule has 15 heavy (non-hydrogen) atoms. The number of hydrogen-bond donors (Lipinski definition) is 0. The Bertz CT molecular complexity index is 480. The lowest BCUT2D eigenvalue weighted by Crippen LogP contribution is -1.93. The highest BCUT2D eigenvalue weighted by molar-refractivity contribution is 5.85. The summed E-state index contributed by atoms with van der Waals surface area (Å²) in [5.41, 5.74) is 3.22. The van der Waals surface area contributed by atoms with Gasteiger partial charge >= 0.3 is 0 Å². The van der Waals surface area contributed by atoms with Gasteiger partial charge in [0.2, 0.25) is 0 Å². The Morgan fingerprint density at radius 1 is 1.33 bits per heavy atom. The predicted octanol–water partition coefficient (Wildman–Crippen LogP) is 2.26. The van der Waals surface area contributed by atoms with Crippen LogP contribution in [-0.4, -0.2) is 16.3 Å². The van der Waals surface area contributed by atoms with Crippen LogP contribution in [0.2, 0.25) is 0 Å². The van der Waals surface area contributed by atoms with E-state index in [1.165, 1.54) is 0 Å². The molecule has 0 radical (unpaired) electrons. The lowest BCUT2D eigenvalue weighted by Gasteiger charge is -2.04. The van der Waals surface area contributed by atoms with E-state index in [0.29, 0.717) is 5.69 Å². The maximum Gasteiger partial charge on any atom is 0.169 e. The first kappa shape index (κ1) is 9.52. The molecule has 0 unspecified atom stereocenters. The maximum absolute atomic E-state index is 10.8. The minimum Gasteiger partial charge on any atom is -0.296 e. The number of aromatic nitrogens is 2. The molecule has 0 aliphatic rings. The monoisotopic (exact) mass is 198 g/mol. The zero-order valence-electron chi connectivity index (χ0n) is 8.34. The molecule has 0 fully saturated rings. The fourth-order valence-corrected chi connectivity index (χ4v) is 1.43. The van der Waals surface area contributed by atoms with E-state index in [-0.39, 0.29) is 0 Å². The zero-order valence-corrected chi connectivity index (χ0v) is 8.34. The SMILES string of the molecule is Cc1cnc(C=O)c(-c2cccnc2)c1. The van der Waals surface area contributed by atoms with E-state index in [2.05, 4.69) is 9.97 Å². The van der Waals surface area contributed by atoms with Gasteiger partial charge in [-0.25, -0.2) is 0 Å². The molecule has 2 rings (SSSR count). The zero-order chi connectivity index (χ0) is 10.7. The van der Waals surface area contributed by atoms with Crippen molar-refractivity contribution in [3.63, 3.8) is 0 Å². The van der Waals surface area contributed by atoms with Crippen molar-refractivity contribution in [1.29, 1.82) is 0 Å². The first-order chi connectivity index (χ1) is 7.31. The van der Waals surface area contributed by atoms with Gasteiger partial charge in [0.05, 0.1) is 0 Å². The summed E-state index contributed by atoms with van der Waals surface area (Å²) in [7, 11) is 0. The summed E-state index contributed by atoms with van der Waals surface area (Å²) in [6.45, 7) is 1.95. The third-order valence-electron chi connectivity index (χ3n) is 2.14. The van der Waals surface area contributed by atoms with Crippen LogP contribution in [0.1, 0.15) is 16.1 Å². The van der Waals surface area contributed by atoms with Crippen molar-refractivity contribution in [2.45, 2.75) is 6.92 Å². The van der Waals surface area contributed by atoms with Crippen LogP contribution < -0.4 is 0 Å². The van der Waals surface area contributed by atoms with Crippen LogP contribution in [0.4, 0.5) is 0 Å². The van der Waals surface area contributed by atoms with Crippen molar-refractivity contribution in [1.82, 2.24) is 9.97 Å². The van der Waals surface area contributed by atoms with Gasteiger partial charge in [-0.3, -0.25) is 14.8 Å². The molecular weight excluding hydrogens is 188 g/mol. The van der Waals surface area contributed by atoms with Gasteiger partial charge in [-0.15, -0.1) is 0 Å². The molecule has 3 heteroatoms. The van der Waals surface area contributed by atoms with Crippen molar-refractivity contribution in [2.24, 2.45) is 0 Å². The number of hydrogen-bond acceptors (Lipinski definition) is 3. The first-order valence-electron chi connectivity index (χ1n) is 4.63. The second-order valence-electron chi connectivity index (χ2n) is 3.31. The Morgan fingerprint density at radius 3 is 2.87 bits per heavy atom. The van der Waals surface area contributed by atoms with Crippen LogP contribution in [0.3, 0.4) is 0 Å². The third kappa shape index (κ3) is 1.91. The number of aldehydes is 1. The average molecular weight is 198 g/mol. The standard InChI is InChI=1S/C12H10N2O/c1-9-5-11(12(8-15)14-6-9)10-3-2-4-13-7-10/h2-8H,1H3. The topological polar surface area (TPSA) is 42.9 Å². The maximum atomic E-state index is 10.8. The van der Waals surface area contributed by atoms with E-state index in [9.17, 15) is 4.79 Å². The van der Waals surface area contributed by atoms with Gasteiger partial charge in [-0.2, -0.15) is 0 Å². The Kier molecular flexibility index (Phi) is 2.54. The molecule has 2 heterocycles. The number of nitrogens with zero attached hydrogens (tertiary/aromatic N) is 2. The number of aryl methyl sites for hydroxylation is 1. The Balaban J connectivity index is 2.61. The van der Waals surface area contributed by atoms with E-state index < -0.39 is 0 Å². The normalized spacial score (nSPS) is 9.93. The van der Waals surface area contributed by atoms with Crippen LogP contribution in [0.5, 0.6) is 0 Å². The summed E-state index contributed by atoms with van der Waals surface area (Å²) in [6.07, 6.45) is 5.88. The molecule has 0 spiro atoms. The van der Waals surface area contributed by atoms with Crippen molar-refractivity contribution in [3.05, 3.63) is 48.0 Å². The van der Waals surface area contributed by atoms with Crippen LogP contribution >= 0.6 is 0 Å². The van der Waals surface area contributed by atoms with Gasteiger partial charge in [-0.1, -0.05) is 6.07 Å². The van der Waals surface area contributed by atoms with E-state index >= 15 is 0 Å². The third-order valence-corrected chi connectivity index (χ3v) is 2.14. The van der Waals surface area contributed by atoms with E-state index in [0.717, 1.165) is 23.0 Å². The summed E-state index contributed by atoms with van der Waals surface area (Å²) in [4.78, 5) is 18.9. The highest BCUT2D eigenvalue weighted by Gasteiger charge is 2.05. The fraction of sp³-hybridized carbons (Fsp3) is 0.0833. The lowest BCUT2D eigenvalue weighted by atomic mass is 10.0. The lowest BCUT2D eigenvalue weighted by molar-refractivity contribution is 0.111. The molecule has 0 saturated heterocycles. The molecule has 74 valence electrons. The first-order valence-corrected chi connectivity index (χ1v) is 4.63. The molecular formula is C12H10N2O. The van der Waals surface area contributed by atoms with Gasteiger partial charge < -0.3 is 0 Å². The van der Waals surface area contributed by atoms with Gasteiger partial charge in [0, 0.05) is 29.7 Å². The van der Waals surface area contributed by atoms with Crippen LogP contribution in [0, 0.1) is 6.92 Å². The second-order valence-corrected chi connectivity index (χ2v) is 3.31.